The Morgan fingerprint density at radius 3 is 1.21 bits per heavy atom. The monoisotopic (exact) mass is 1010 g/mol. The minimum absolute atomic E-state index is 0.591. The summed E-state index contributed by atoms with van der Waals surface area (Å²) in [6.07, 6.45) is 0. The molecule has 0 aliphatic rings. The lowest BCUT2D eigenvalue weighted by Gasteiger charge is -2.42. The van der Waals surface area contributed by atoms with Crippen molar-refractivity contribution in [3.05, 3.63) is 285 Å². The molecule has 76 heavy (non-hydrogen) atoms. The third-order valence-electron chi connectivity index (χ3n) is 14.8. The minimum Gasteiger partial charge on any atom is -0.456 e. The van der Waals surface area contributed by atoms with E-state index < -0.39 is 18.1 Å². The van der Waals surface area contributed by atoms with Gasteiger partial charge in [0.2, 0.25) is 0 Å². The molecule has 3 aromatic heterocycles. The molecule has 11 aromatic carbocycles. The fourth-order valence-electron chi connectivity index (χ4n) is 11.4. The number of nitrogens with zero attached hydrogens (tertiary/aromatic N) is 3. The van der Waals surface area contributed by atoms with Gasteiger partial charge >= 0.3 is 0 Å². The third-order valence-corrected chi connectivity index (χ3v) is 23.4. The van der Waals surface area contributed by atoms with E-state index in [9.17, 15) is 0 Å². The van der Waals surface area contributed by atoms with Crippen LogP contribution in [0.4, 0.5) is 0 Å². The lowest BCUT2D eigenvalue weighted by molar-refractivity contribution is 0.668. The van der Waals surface area contributed by atoms with E-state index in [1.54, 1.807) is 0 Å². The maximum atomic E-state index is 6.42. The summed E-state index contributed by atoms with van der Waals surface area (Å²) in [6.45, 7) is 0. The molecule has 0 saturated heterocycles. The largest absolute Gasteiger partial charge is 0.456 e. The van der Waals surface area contributed by atoms with Gasteiger partial charge in [0.1, 0.15) is 22.3 Å². The van der Waals surface area contributed by atoms with Crippen molar-refractivity contribution in [1.29, 1.82) is 0 Å². The van der Waals surface area contributed by atoms with Crippen molar-refractivity contribution in [2.45, 2.75) is 19.6 Å². The van der Waals surface area contributed by atoms with E-state index in [1.165, 1.54) is 35.4 Å². The number of rotatable bonds is 11. The summed E-state index contributed by atoms with van der Waals surface area (Å²) < 4.78 is 12.8. The quantitative estimate of drug-likeness (QED) is 0.0954. The van der Waals surface area contributed by atoms with Gasteiger partial charge in [-0.25, -0.2) is 15.0 Å². The van der Waals surface area contributed by atoms with Crippen LogP contribution in [0.2, 0.25) is 0 Å². The molecule has 5 nitrogen and oxygen atoms in total. The zero-order chi connectivity index (χ0) is 50.5. The number of hydrogen-bond donors (Lipinski definition) is 0. The first kappa shape index (κ1) is 45.2. The predicted octanol–water partition coefficient (Wildman–Crippen LogP) is 15.4. The van der Waals surface area contributed by atoms with Crippen LogP contribution in [-0.4, -0.2) is 23.0 Å². The molecule has 3 heterocycles. The van der Waals surface area contributed by atoms with Gasteiger partial charge in [-0.2, -0.15) is 0 Å². The van der Waals surface area contributed by atoms with Gasteiger partial charge in [0.25, 0.3) is 0 Å². The van der Waals surface area contributed by atoms with Gasteiger partial charge in [-0.05, 0) is 93.5 Å². The third kappa shape index (κ3) is 7.50. The Morgan fingerprint density at radius 1 is 0.250 bits per heavy atom. The van der Waals surface area contributed by atoms with Crippen LogP contribution in [0, 0.1) is 0 Å². The summed E-state index contributed by atoms with van der Waals surface area (Å²) in [5.41, 5.74) is 6.20. The van der Waals surface area contributed by atoms with Crippen molar-refractivity contribution in [3.8, 4) is 34.2 Å². The van der Waals surface area contributed by atoms with Gasteiger partial charge < -0.3 is 8.83 Å². The molecule has 0 aliphatic heterocycles. The summed E-state index contributed by atoms with van der Waals surface area (Å²) in [5.74, 6) is 1.79. The van der Waals surface area contributed by atoms with E-state index in [2.05, 4.69) is 243 Å². The predicted molar refractivity (Wildman–Crippen MR) is 314 cm³/mol. The Kier molecular flexibility index (Phi) is 11.2. The van der Waals surface area contributed by atoms with Gasteiger partial charge in [-0.15, -0.1) is 10.0 Å². The SMILES string of the molecule is c1ccc(-c2nc(-c3cccc([Si](c4ccccc4)(c4ccccc4)c4ccc5oc6ccccc6c5c4)c3)nc(-c3cccc(S(c4ccccc4)(c4ccccc4)c4ccc5oc6ccccc6c5c4)c3)n2)cc1. The number of fused-ring (bicyclic) bond motifs is 6. The van der Waals surface area contributed by atoms with E-state index >= 15 is 0 Å². The maximum Gasteiger partial charge on any atom is 0.179 e. The number of benzene rings is 11. The highest BCUT2D eigenvalue weighted by atomic mass is 32.3. The van der Waals surface area contributed by atoms with Crippen LogP contribution in [0.3, 0.4) is 0 Å². The Bertz CT molecular complexity index is 4070. The van der Waals surface area contributed by atoms with Gasteiger partial charge in [-0.3, -0.25) is 0 Å². The molecule has 0 saturated carbocycles. The van der Waals surface area contributed by atoms with Crippen molar-refractivity contribution in [1.82, 2.24) is 15.0 Å². The number of aromatic nitrogens is 3. The molecule has 0 N–H and O–H groups in total. The van der Waals surface area contributed by atoms with Crippen LogP contribution >= 0.6 is 10.0 Å². The summed E-state index contributed by atoms with van der Waals surface area (Å²) in [6, 6.07) is 102. The Labute approximate surface area is 442 Å². The van der Waals surface area contributed by atoms with E-state index in [0.717, 1.165) is 65.5 Å². The second kappa shape index (κ2) is 18.8. The maximum absolute atomic E-state index is 6.42. The number of hydrogen-bond acceptors (Lipinski definition) is 5. The van der Waals surface area contributed by atoms with Crippen LogP contribution < -0.4 is 20.7 Å². The van der Waals surface area contributed by atoms with Crippen LogP contribution in [0.1, 0.15) is 0 Å². The molecule has 14 rings (SSSR count). The highest BCUT2D eigenvalue weighted by Gasteiger charge is 2.42. The molecular formula is C69H47N3O2SSi. The lowest BCUT2D eigenvalue weighted by atomic mass is 10.1. The summed E-state index contributed by atoms with van der Waals surface area (Å²) in [5, 5.41) is 9.39. The Hall–Kier alpha value is -9.40. The Morgan fingerprint density at radius 2 is 0.632 bits per heavy atom. The smallest absolute Gasteiger partial charge is 0.179 e. The van der Waals surface area contributed by atoms with E-state index in [-0.39, 0.29) is 0 Å². The molecule has 14 aromatic rings. The molecule has 360 valence electrons. The topological polar surface area (TPSA) is 65.0 Å². The van der Waals surface area contributed by atoms with Gasteiger partial charge in [-0.1, -0.05) is 212 Å². The molecule has 7 heteroatoms. The van der Waals surface area contributed by atoms with Gasteiger partial charge in [0.05, 0.1) is 0 Å². The molecule has 0 spiro atoms. The van der Waals surface area contributed by atoms with Crippen molar-refractivity contribution >= 4 is 82.7 Å². The number of para-hydroxylation sites is 2. The van der Waals surface area contributed by atoms with Crippen LogP contribution in [-0.2, 0) is 0 Å². The highest BCUT2D eigenvalue weighted by Crippen LogP contribution is 2.74. The van der Waals surface area contributed by atoms with Gasteiger partial charge in [0, 0.05) is 57.8 Å². The summed E-state index contributed by atoms with van der Waals surface area (Å²) >= 11 is 0. The van der Waals surface area contributed by atoms with E-state index in [4.69, 9.17) is 23.8 Å². The van der Waals surface area contributed by atoms with Crippen molar-refractivity contribution in [2.75, 3.05) is 0 Å². The fraction of sp³-hybridized carbons (Fsp3) is 0. The van der Waals surface area contributed by atoms with E-state index in [0.29, 0.717) is 17.5 Å². The molecule has 0 bridgehead atoms. The molecule has 0 unspecified atom stereocenters. The second-order valence-corrected chi connectivity index (χ2v) is 26.0. The van der Waals surface area contributed by atoms with Crippen LogP contribution in [0.15, 0.2) is 314 Å². The first-order chi connectivity index (χ1) is 37.6. The standard InChI is InChI=1S/C69H47N3O2SSi/c1-6-22-48(23-7-1)67-70-68(49-24-20-30-53(44-49)75(51-26-8-2-9-27-51,52-28-10-3-11-29-52)54-40-42-65-61(46-54)59-36-16-18-38-63(59)73-65)72-69(71-67)50-25-21-35-57(45-50)76(55-31-12-4-13-32-55,56-33-14-5-15-34-56)58-41-43-66-62(47-58)60-37-17-19-39-64(60)74-66/h1-47H. The highest BCUT2D eigenvalue weighted by molar-refractivity contribution is 8.34. The zero-order valence-electron chi connectivity index (χ0n) is 41.2. The average Bonchev–Trinajstić information content (AvgIpc) is 4.08. The summed E-state index contributed by atoms with van der Waals surface area (Å²) in [7, 11) is -5.21. The first-order valence-electron chi connectivity index (χ1n) is 25.6. The molecule has 0 aliphatic carbocycles. The molecule has 0 fully saturated rings. The normalized spacial score (nSPS) is 12.2. The molecule has 0 atom stereocenters. The fourth-order valence-corrected chi connectivity index (χ4v) is 20.1. The average molecular weight is 1010 g/mol. The molecule has 0 amide bonds. The van der Waals surface area contributed by atoms with E-state index in [1.807, 2.05) is 42.5 Å². The lowest BCUT2D eigenvalue weighted by Crippen LogP contribution is -2.74. The molecule has 0 radical (unpaired) electrons. The van der Waals surface area contributed by atoms with Crippen LogP contribution in [0.25, 0.3) is 78.0 Å². The first-order valence-corrected chi connectivity index (χ1v) is 29.2. The second-order valence-electron chi connectivity index (χ2n) is 19.1. The zero-order valence-corrected chi connectivity index (χ0v) is 43.0. The van der Waals surface area contributed by atoms with Crippen molar-refractivity contribution < 1.29 is 8.83 Å². The number of furan rings is 2. The van der Waals surface area contributed by atoms with Gasteiger partial charge in [0.15, 0.2) is 25.5 Å². The molecular weight excluding hydrogens is 963 g/mol. The van der Waals surface area contributed by atoms with Crippen molar-refractivity contribution in [2.24, 2.45) is 0 Å². The summed E-state index contributed by atoms with van der Waals surface area (Å²) in [4.78, 5) is 21.0. The Balaban J connectivity index is 0.986. The van der Waals surface area contributed by atoms with Crippen LogP contribution in [0.5, 0.6) is 0 Å². The van der Waals surface area contributed by atoms with Crippen molar-refractivity contribution in [3.63, 3.8) is 0 Å². The minimum atomic E-state index is -3.07.